The van der Waals surface area contributed by atoms with E-state index in [1.165, 1.54) is 12.0 Å². The largest absolute Gasteiger partial charge is 0.507 e. The Morgan fingerprint density at radius 1 is 1.07 bits per heavy atom. The second-order valence-electron chi connectivity index (χ2n) is 6.27. The third kappa shape index (κ3) is 3.81. The van der Waals surface area contributed by atoms with Gasteiger partial charge in [0.15, 0.2) is 0 Å². The molecule has 0 aromatic heterocycles. The summed E-state index contributed by atoms with van der Waals surface area (Å²) >= 11 is 3.39. The van der Waals surface area contributed by atoms with Gasteiger partial charge in [0.1, 0.15) is 11.5 Å². The SMILES string of the molecule is COCCN1C(=O)C(=O)C(=C(O)c2ccc(OC)cc2)[C@@H]1c1ccc(Br)cc1. The maximum Gasteiger partial charge on any atom is 0.295 e. The van der Waals surface area contributed by atoms with Crippen LogP contribution < -0.4 is 4.74 Å². The predicted molar refractivity (Wildman–Crippen MR) is 108 cm³/mol. The second-order valence-corrected chi connectivity index (χ2v) is 7.18. The minimum absolute atomic E-state index is 0.0635. The molecule has 1 amide bonds. The van der Waals surface area contributed by atoms with Crippen LogP contribution in [0.3, 0.4) is 0 Å². The Morgan fingerprint density at radius 2 is 1.71 bits per heavy atom. The first-order valence-corrected chi connectivity index (χ1v) is 9.44. The lowest BCUT2D eigenvalue weighted by Gasteiger charge is -2.25. The summed E-state index contributed by atoms with van der Waals surface area (Å²) < 4.78 is 11.1. The van der Waals surface area contributed by atoms with Gasteiger partial charge >= 0.3 is 0 Å². The van der Waals surface area contributed by atoms with Crippen LogP contribution in [0.2, 0.25) is 0 Å². The van der Waals surface area contributed by atoms with Crippen molar-refractivity contribution in [2.45, 2.75) is 6.04 Å². The Kier molecular flexibility index (Phi) is 6.16. The molecule has 2 aromatic carbocycles. The molecule has 1 atom stereocenters. The predicted octanol–water partition coefficient (Wildman–Crippen LogP) is 3.53. The first-order valence-electron chi connectivity index (χ1n) is 8.65. The van der Waals surface area contributed by atoms with Crippen LogP contribution in [0.1, 0.15) is 17.2 Å². The molecule has 1 saturated heterocycles. The van der Waals surface area contributed by atoms with Crippen LogP contribution in [0.15, 0.2) is 58.6 Å². The fraction of sp³-hybridized carbons (Fsp3) is 0.238. The van der Waals surface area contributed by atoms with Crippen LogP contribution in [0, 0.1) is 0 Å². The van der Waals surface area contributed by atoms with E-state index in [1.807, 2.05) is 24.3 Å². The lowest BCUT2D eigenvalue weighted by molar-refractivity contribution is -0.140. The van der Waals surface area contributed by atoms with Gasteiger partial charge < -0.3 is 19.5 Å². The van der Waals surface area contributed by atoms with Crippen LogP contribution >= 0.6 is 15.9 Å². The van der Waals surface area contributed by atoms with Crippen molar-refractivity contribution in [3.8, 4) is 5.75 Å². The van der Waals surface area contributed by atoms with E-state index < -0.39 is 17.7 Å². The number of rotatable bonds is 6. The van der Waals surface area contributed by atoms with E-state index in [2.05, 4.69) is 15.9 Å². The highest BCUT2D eigenvalue weighted by Crippen LogP contribution is 2.39. The molecule has 28 heavy (non-hydrogen) atoms. The molecule has 0 unspecified atom stereocenters. The van der Waals surface area contributed by atoms with E-state index in [9.17, 15) is 14.7 Å². The molecule has 6 nitrogen and oxygen atoms in total. The van der Waals surface area contributed by atoms with Crippen molar-refractivity contribution in [3.05, 3.63) is 69.7 Å². The molecular formula is C21H20BrNO5. The van der Waals surface area contributed by atoms with E-state index in [0.29, 0.717) is 11.3 Å². The van der Waals surface area contributed by atoms with Gasteiger partial charge in [-0.25, -0.2) is 0 Å². The Labute approximate surface area is 171 Å². The molecule has 0 aliphatic carbocycles. The highest BCUT2D eigenvalue weighted by Gasteiger charge is 2.45. The zero-order valence-corrected chi connectivity index (χ0v) is 17.1. The number of aliphatic hydroxyl groups is 1. The number of hydrogen-bond acceptors (Lipinski definition) is 5. The third-order valence-electron chi connectivity index (χ3n) is 4.63. The number of ketones is 1. The lowest BCUT2D eigenvalue weighted by atomic mass is 9.95. The van der Waals surface area contributed by atoms with Gasteiger partial charge in [0, 0.05) is 23.7 Å². The van der Waals surface area contributed by atoms with Crippen LogP contribution in [-0.2, 0) is 14.3 Å². The molecule has 146 valence electrons. The average molecular weight is 446 g/mol. The second kappa shape index (κ2) is 8.58. The molecule has 0 spiro atoms. The molecule has 2 aromatic rings. The number of benzene rings is 2. The van der Waals surface area contributed by atoms with Gasteiger partial charge in [-0.2, -0.15) is 0 Å². The van der Waals surface area contributed by atoms with Gasteiger partial charge in [0.25, 0.3) is 11.7 Å². The number of likely N-dealkylation sites (tertiary alicyclic amines) is 1. The summed E-state index contributed by atoms with van der Waals surface area (Å²) in [5, 5.41) is 10.9. The van der Waals surface area contributed by atoms with E-state index in [-0.39, 0.29) is 24.5 Å². The Bertz CT molecular complexity index is 905. The summed E-state index contributed by atoms with van der Waals surface area (Å²) in [7, 11) is 3.08. The zero-order chi connectivity index (χ0) is 20.3. The minimum atomic E-state index is -0.711. The summed E-state index contributed by atoms with van der Waals surface area (Å²) in [6, 6.07) is 13.3. The number of Topliss-reactive ketones (excluding diaryl/α,β-unsaturated/α-hetero) is 1. The van der Waals surface area contributed by atoms with E-state index >= 15 is 0 Å². The smallest absolute Gasteiger partial charge is 0.295 e. The molecule has 1 aliphatic rings. The number of hydrogen-bond donors (Lipinski definition) is 1. The number of amides is 1. The van der Waals surface area contributed by atoms with Gasteiger partial charge in [-0.3, -0.25) is 9.59 Å². The standard InChI is InChI=1S/C21H20BrNO5/c1-27-12-11-23-18(13-3-7-15(22)8-4-13)17(20(25)21(23)26)19(24)14-5-9-16(28-2)10-6-14/h3-10,18,24H,11-12H2,1-2H3/t18-/m0/s1. The minimum Gasteiger partial charge on any atom is -0.507 e. The van der Waals surface area contributed by atoms with Gasteiger partial charge in [-0.05, 0) is 42.0 Å². The summed E-state index contributed by atoms with van der Waals surface area (Å²) in [4.78, 5) is 26.9. The van der Waals surface area contributed by atoms with Crippen molar-refractivity contribution in [1.29, 1.82) is 0 Å². The van der Waals surface area contributed by atoms with Crippen LogP contribution in [-0.4, -0.2) is 49.1 Å². The van der Waals surface area contributed by atoms with Crippen molar-refractivity contribution in [2.75, 3.05) is 27.4 Å². The molecule has 1 fully saturated rings. The highest BCUT2D eigenvalue weighted by molar-refractivity contribution is 9.10. The van der Waals surface area contributed by atoms with Crippen molar-refractivity contribution in [3.63, 3.8) is 0 Å². The van der Waals surface area contributed by atoms with E-state index in [4.69, 9.17) is 9.47 Å². The van der Waals surface area contributed by atoms with Gasteiger partial charge in [-0.15, -0.1) is 0 Å². The Morgan fingerprint density at radius 3 is 2.29 bits per heavy atom. The maximum absolute atomic E-state index is 12.8. The first-order chi connectivity index (χ1) is 13.5. The molecular weight excluding hydrogens is 426 g/mol. The fourth-order valence-electron chi connectivity index (χ4n) is 3.20. The van der Waals surface area contributed by atoms with Crippen LogP contribution in [0.25, 0.3) is 5.76 Å². The number of ether oxygens (including phenoxy) is 2. The van der Waals surface area contributed by atoms with Gasteiger partial charge in [0.2, 0.25) is 0 Å². The van der Waals surface area contributed by atoms with E-state index in [1.54, 1.807) is 31.4 Å². The van der Waals surface area contributed by atoms with Crippen molar-refractivity contribution < 1.29 is 24.2 Å². The molecule has 1 N–H and O–H groups in total. The van der Waals surface area contributed by atoms with Gasteiger partial charge in [-0.1, -0.05) is 28.1 Å². The van der Waals surface area contributed by atoms with Gasteiger partial charge in [0.05, 0.1) is 25.3 Å². The normalized spacial score (nSPS) is 18.5. The number of carbonyl (C=O) groups is 2. The fourth-order valence-corrected chi connectivity index (χ4v) is 3.46. The lowest BCUT2D eigenvalue weighted by Crippen LogP contribution is -2.32. The number of carbonyl (C=O) groups excluding carboxylic acids is 2. The average Bonchev–Trinajstić information content (AvgIpc) is 2.97. The van der Waals surface area contributed by atoms with E-state index in [0.717, 1.165) is 10.0 Å². The molecule has 0 radical (unpaired) electrons. The highest BCUT2D eigenvalue weighted by atomic mass is 79.9. The maximum atomic E-state index is 12.8. The summed E-state index contributed by atoms with van der Waals surface area (Å²) in [5.74, 6) is -0.951. The monoisotopic (exact) mass is 445 g/mol. The first kappa shape index (κ1) is 20.1. The quantitative estimate of drug-likeness (QED) is 0.418. The van der Waals surface area contributed by atoms with Crippen LogP contribution in [0.4, 0.5) is 0 Å². The van der Waals surface area contributed by atoms with Crippen molar-refractivity contribution >= 4 is 33.4 Å². The molecule has 7 heteroatoms. The number of methoxy groups -OCH3 is 2. The zero-order valence-electron chi connectivity index (χ0n) is 15.5. The van der Waals surface area contributed by atoms with Crippen molar-refractivity contribution in [1.82, 2.24) is 4.90 Å². The number of nitrogens with zero attached hydrogens (tertiary/aromatic N) is 1. The van der Waals surface area contributed by atoms with Crippen molar-refractivity contribution in [2.24, 2.45) is 0 Å². The molecule has 1 aliphatic heterocycles. The summed E-state index contributed by atoms with van der Waals surface area (Å²) in [6.45, 7) is 0.518. The topological polar surface area (TPSA) is 76.1 Å². The Balaban J connectivity index is 2.12. The van der Waals surface area contributed by atoms with Crippen LogP contribution in [0.5, 0.6) is 5.75 Å². The summed E-state index contributed by atoms with van der Waals surface area (Å²) in [6.07, 6.45) is 0. The Hall–Kier alpha value is -2.64. The number of halogens is 1. The molecule has 0 bridgehead atoms. The third-order valence-corrected chi connectivity index (χ3v) is 5.15. The molecule has 3 rings (SSSR count). The molecule has 1 heterocycles. The molecule has 0 saturated carbocycles. The summed E-state index contributed by atoms with van der Waals surface area (Å²) in [5.41, 5.74) is 1.23. The number of aliphatic hydroxyl groups excluding tert-OH is 1.